The van der Waals surface area contributed by atoms with Gasteiger partial charge in [0.25, 0.3) is 0 Å². The zero-order chi connectivity index (χ0) is 8.77. The number of hydrogen-bond donors (Lipinski definition) is 0. The topological polar surface area (TPSA) is 30.8 Å². The van der Waals surface area contributed by atoms with Crippen LogP contribution in [0.3, 0.4) is 0 Å². The van der Waals surface area contributed by atoms with Crippen LogP contribution in [0, 0.1) is 5.92 Å². The van der Waals surface area contributed by atoms with E-state index in [9.17, 15) is 13.2 Å². The Balaban J connectivity index is 2.16. The lowest BCUT2D eigenvalue weighted by atomic mass is 10.0. The molecule has 0 aromatic carbocycles. The molecule has 2 aliphatic rings. The van der Waals surface area contributed by atoms with Gasteiger partial charge in [0.2, 0.25) is 0 Å². The predicted molar refractivity (Wildman–Crippen MR) is 32.7 cm³/mol. The van der Waals surface area contributed by atoms with E-state index in [1.54, 1.807) is 0 Å². The highest BCUT2D eigenvalue weighted by atomic mass is 19.4. The minimum atomic E-state index is -4.31. The maximum atomic E-state index is 12.2. The molecule has 12 heavy (non-hydrogen) atoms. The number of hydrogen-bond acceptors (Lipinski definition) is 3. The Labute approximate surface area is 66.1 Å². The first-order valence-corrected chi connectivity index (χ1v) is 3.46. The molecule has 3 nitrogen and oxygen atoms in total. The number of alkyl halides is 3. The van der Waals surface area contributed by atoms with E-state index in [1.807, 2.05) is 0 Å². The highest BCUT2D eigenvalue weighted by Gasteiger charge is 2.53. The molecular weight excluding hydrogens is 175 g/mol. The summed E-state index contributed by atoms with van der Waals surface area (Å²) in [6.45, 7) is -0.0750. The first-order chi connectivity index (χ1) is 5.59. The molecule has 0 amide bonds. The molecule has 0 aliphatic carbocycles. The van der Waals surface area contributed by atoms with Crippen LogP contribution in [-0.4, -0.2) is 31.2 Å². The van der Waals surface area contributed by atoms with Crippen LogP contribution >= 0.6 is 0 Å². The van der Waals surface area contributed by atoms with Crippen molar-refractivity contribution < 1.29 is 22.7 Å². The largest absolute Gasteiger partial charge is 0.415 e. The normalized spacial score (nSPS) is 34.4. The lowest BCUT2D eigenvalue weighted by Gasteiger charge is -2.17. The van der Waals surface area contributed by atoms with Crippen LogP contribution < -0.4 is 0 Å². The van der Waals surface area contributed by atoms with Gasteiger partial charge in [-0.1, -0.05) is 5.16 Å². The summed E-state index contributed by atoms with van der Waals surface area (Å²) in [5.41, 5.74) is 0.373. The second-order valence-electron chi connectivity index (χ2n) is 2.76. The minimum Gasteiger partial charge on any atom is -0.395 e. The van der Waals surface area contributed by atoms with E-state index in [1.165, 1.54) is 0 Å². The van der Waals surface area contributed by atoms with E-state index in [2.05, 4.69) is 14.7 Å². The molecule has 0 spiro atoms. The lowest BCUT2D eigenvalue weighted by Crippen LogP contribution is -2.35. The van der Waals surface area contributed by atoms with E-state index in [-0.39, 0.29) is 13.2 Å². The van der Waals surface area contributed by atoms with Gasteiger partial charge in [-0.3, -0.25) is 0 Å². The highest BCUT2D eigenvalue weighted by Crippen LogP contribution is 2.35. The lowest BCUT2D eigenvalue weighted by molar-refractivity contribution is -0.218. The van der Waals surface area contributed by atoms with Crippen LogP contribution in [0.1, 0.15) is 0 Å². The maximum Gasteiger partial charge on any atom is 0.415 e. The Morgan fingerprint density at radius 2 is 2.17 bits per heavy atom. The monoisotopic (exact) mass is 181 g/mol. The third-order valence-electron chi connectivity index (χ3n) is 1.96. The van der Waals surface area contributed by atoms with Gasteiger partial charge in [-0.25, -0.2) is 0 Å². The van der Waals surface area contributed by atoms with Crippen molar-refractivity contribution in [2.45, 2.75) is 12.3 Å². The summed E-state index contributed by atoms with van der Waals surface area (Å²) in [5.74, 6) is -0.718. The fourth-order valence-electron chi connectivity index (χ4n) is 1.37. The number of ether oxygens (including phenoxy) is 1. The molecule has 68 valence electrons. The predicted octanol–water partition coefficient (Wildman–Crippen LogP) is 0.950. The molecule has 0 saturated carbocycles. The minimum absolute atomic E-state index is 0.0144. The molecule has 6 heteroatoms. The first kappa shape index (κ1) is 7.85. The molecule has 1 fully saturated rings. The van der Waals surface area contributed by atoms with Gasteiger partial charge in [0.05, 0.1) is 18.2 Å². The molecule has 0 bridgehead atoms. The zero-order valence-corrected chi connectivity index (χ0v) is 5.97. The summed E-state index contributed by atoms with van der Waals surface area (Å²) in [6, 6.07) is 0. The Kier molecular flexibility index (Phi) is 1.54. The first-order valence-electron chi connectivity index (χ1n) is 3.46. The van der Waals surface area contributed by atoms with Crippen molar-refractivity contribution in [1.29, 1.82) is 0 Å². The van der Waals surface area contributed by atoms with E-state index < -0.39 is 18.2 Å². The second-order valence-corrected chi connectivity index (χ2v) is 2.76. The molecule has 0 unspecified atom stereocenters. The standard InChI is InChI=1S/C6H6F3NO2/c7-6(8,9)5-3-1-12-10-4(3)2-11-5/h3,5H,1-2H2/t3-,5-/m0/s1. The summed E-state index contributed by atoms with van der Waals surface area (Å²) in [7, 11) is 0. The Bertz CT molecular complexity index is 225. The summed E-state index contributed by atoms with van der Waals surface area (Å²) >= 11 is 0. The molecule has 0 aromatic rings. The molecule has 2 heterocycles. The number of nitrogens with zero attached hydrogens (tertiary/aromatic N) is 1. The van der Waals surface area contributed by atoms with Gasteiger partial charge in [0.15, 0.2) is 6.10 Å². The maximum absolute atomic E-state index is 12.2. The van der Waals surface area contributed by atoms with Crippen molar-refractivity contribution in [3.8, 4) is 0 Å². The molecule has 0 aromatic heterocycles. The van der Waals surface area contributed by atoms with Gasteiger partial charge in [-0.2, -0.15) is 13.2 Å². The van der Waals surface area contributed by atoms with Gasteiger partial charge in [0, 0.05) is 0 Å². The van der Waals surface area contributed by atoms with Crippen LogP contribution in [-0.2, 0) is 9.57 Å². The van der Waals surface area contributed by atoms with Crippen molar-refractivity contribution in [1.82, 2.24) is 0 Å². The Morgan fingerprint density at radius 1 is 1.42 bits per heavy atom. The van der Waals surface area contributed by atoms with Crippen LogP contribution in [0.5, 0.6) is 0 Å². The quantitative estimate of drug-likeness (QED) is 0.557. The third-order valence-corrected chi connectivity index (χ3v) is 1.96. The van der Waals surface area contributed by atoms with Crippen molar-refractivity contribution in [2.75, 3.05) is 13.2 Å². The van der Waals surface area contributed by atoms with E-state index in [0.717, 1.165) is 0 Å². The van der Waals surface area contributed by atoms with Crippen molar-refractivity contribution in [3.63, 3.8) is 0 Å². The Morgan fingerprint density at radius 3 is 2.83 bits per heavy atom. The molecule has 0 radical (unpaired) electrons. The van der Waals surface area contributed by atoms with Crippen LogP contribution in [0.2, 0.25) is 0 Å². The van der Waals surface area contributed by atoms with E-state index in [4.69, 9.17) is 0 Å². The second kappa shape index (κ2) is 2.35. The molecule has 2 aliphatic heterocycles. The summed E-state index contributed by atoms with van der Waals surface area (Å²) in [4.78, 5) is 4.54. The van der Waals surface area contributed by atoms with Gasteiger partial charge in [-0.05, 0) is 0 Å². The third kappa shape index (κ3) is 1.06. The molecule has 0 N–H and O–H groups in total. The molecule has 2 atom stereocenters. The van der Waals surface area contributed by atoms with Gasteiger partial charge in [-0.15, -0.1) is 0 Å². The average molecular weight is 181 g/mol. The van der Waals surface area contributed by atoms with Gasteiger partial charge < -0.3 is 9.57 Å². The number of rotatable bonds is 0. The van der Waals surface area contributed by atoms with Crippen molar-refractivity contribution in [3.05, 3.63) is 0 Å². The van der Waals surface area contributed by atoms with Gasteiger partial charge in [0.1, 0.15) is 6.61 Å². The fourth-order valence-corrected chi connectivity index (χ4v) is 1.37. The number of halogens is 3. The highest BCUT2D eigenvalue weighted by molar-refractivity contribution is 5.90. The van der Waals surface area contributed by atoms with E-state index >= 15 is 0 Å². The zero-order valence-electron chi connectivity index (χ0n) is 5.97. The van der Waals surface area contributed by atoms with Crippen molar-refractivity contribution in [2.24, 2.45) is 11.1 Å². The summed E-state index contributed by atoms with van der Waals surface area (Å²) in [6.07, 6.45) is -6.03. The summed E-state index contributed by atoms with van der Waals surface area (Å²) < 4.78 is 41.0. The number of oxime groups is 1. The van der Waals surface area contributed by atoms with Crippen LogP contribution in [0.4, 0.5) is 13.2 Å². The molecule has 2 rings (SSSR count). The summed E-state index contributed by atoms with van der Waals surface area (Å²) in [5, 5.41) is 3.45. The number of fused-ring (bicyclic) bond motifs is 1. The van der Waals surface area contributed by atoms with Crippen molar-refractivity contribution >= 4 is 5.71 Å². The molecule has 1 saturated heterocycles. The van der Waals surface area contributed by atoms with Crippen LogP contribution in [0.15, 0.2) is 5.16 Å². The molecular formula is C6H6F3NO2. The SMILES string of the molecule is FC(F)(F)[C@H]1OCC2=NOC[C@@H]21. The van der Waals surface area contributed by atoms with Crippen LogP contribution in [0.25, 0.3) is 0 Å². The smallest absolute Gasteiger partial charge is 0.395 e. The van der Waals surface area contributed by atoms with Gasteiger partial charge >= 0.3 is 6.18 Å². The fraction of sp³-hybridized carbons (Fsp3) is 0.833. The average Bonchev–Trinajstić information content (AvgIpc) is 2.37. The Hall–Kier alpha value is -0.780. The van der Waals surface area contributed by atoms with E-state index in [0.29, 0.717) is 5.71 Å².